The van der Waals surface area contributed by atoms with Crippen LogP contribution in [0.15, 0.2) is 41.5 Å². The van der Waals surface area contributed by atoms with Crippen LogP contribution in [0.2, 0.25) is 0 Å². The highest BCUT2D eigenvalue weighted by molar-refractivity contribution is 6.76. The van der Waals surface area contributed by atoms with Crippen molar-refractivity contribution in [3.63, 3.8) is 0 Å². The lowest BCUT2D eigenvalue weighted by atomic mass is 10.0. The first-order chi connectivity index (χ1) is 8.90. The van der Waals surface area contributed by atoms with Gasteiger partial charge in [0, 0.05) is 12.1 Å². The van der Waals surface area contributed by atoms with Crippen LogP contribution in [0, 0.1) is 0 Å². The Morgan fingerprint density at radius 1 is 1.42 bits per heavy atom. The second-order valence-corrected chi connectivity index (χ2v) is 6.35. The van der Waals surface area contributed by atoms with Crippen molar-refractivity contribution in [3.8, 4) is 5.75 Å². The summed E-state index contributed by atoms with van der Waals surface area (Å²) in [6.07, 6.45) is 0.253. The molecule has 1 aliphatic heterocycles. The third kappa shape index (κ3) is 3.56. The van der Waals surface area contributed by atoms with E-state index >= 15 is 0 Å². The van der Waals surface area contributed by atoms with Gasteiger partial charge < -0.3 is 9.47 Å². The molecular formula is C13H12Cl3NO2. The van der Waals surface area contributed by atoms with Crippen LogP contribution in [0.5, 0.6) is 5.75 Å². The van der Waals surface area contributed by atoms with E-state index in [1.54, 1.807) is 7.11 Å². The average Bonchev–Trinajstić information content (AvgIpc) is 2.37. The number of aliphatic imine (C=N–C) groups is 1. The Morgan fingerprint density at radius 3 is 2.79 bits per heavy atom. The van der Waals surface area contributed by atoms with Crippen LogP contribution in [-0.2, 0) is 4.74 Å². The lowest BCUT2D eigenvalue weighted by molar-refractivity contribution is 0.176. The molecule has 0 fully saturated rings. The molecule has 0 saturated carbocycles. The molecule has 0 bridgehead atoms. The second kappa shape index (κ2) is 5.61. The highest BCUT2D eigenvalue weighted by atomic mass is 35.6. The van der Waals surface area contributed by atoms with E-state index in [2.05, 4.69) is 11.6 Å². The van der Waals surface area contributed by atoms with Crippen molar-refractivity contribution in [3.05, 3.63) is 42.1 Å². The van der Waals surface area contributed by atoms with Crippen molar-refractivity contribution in [2.24, 2.45) is 4.99 Å². The Bertz CT molecular complexity index is 523. The Hall–Kier alpha value is -0.900. The van der Waals surface area contributed by atoms with Crippen LogP contribution >= 0.6 is 34.8 Å². The normalized spacial score (nSPS) is 19.7. The molecule has 102 valence electrons. The lowest BCUT2D eigenvalue weighted by Crippen LogP contribution is -2.28. The average molecular weight is 321 g/mol. The van der Waals surface area contributed by atoms with Crippen molar-refractivity contribution < 1.29 is 9.47 Å². The largest absolute Gasteiger partial charge is 0.497 e. The fourth-order valence-corrected chi connectivity index (χ4v) is 2.02. The number of hydrogen-bond donors (Lipinski definition) is 0. The summed E-state index contributed by atoms with van der Waals surface area (Å²) >= 11 is 17.4. The standard InChI is InChI=1S/C13H12Cl3NO2/c1-8-6-11(19-12(17-8)13(14,15)16)9-4-3-5-10(7-9)18-2/h3-5,7,11H,1,6H2,2H3. The summed E-state index contributed by atoms with van der Waals surface area (Å²) in [4.78, 5) is 4.04. The zero-order valence-electron chi connectivity index (χ0n) is 10.2. The Labute approximate surface area is 126 Å². The number of methoxy groups -OCH3 is 1. The summed E-state index contributed by atoms with van der Waals surface area (Å²) in [5.41, 5.74) is 1.53. The van der Waals surface area contributed by atoms with Gasteiger partial charge in [-0.2, -0.15) is 0 Å². The second-order valence-electron chi connectivity index (χ2n) is 4.07. The van der Waals surface area contributed by atoms with Gasteiger partial charge in [-0.3, -0.25) is 0 Å². The Morgan fingerprint density at radius 2 is 2.16 bits per heavy atom. The zero-order chi connectivity index (χ0) is 14.0. The van der Waals surface area contributed by atoms with Crippen LogP contribution in [-0.4, -0.2) is 16.8 Å². The number of alkyl halides is 3. The minimum atomic E-state index is -1.69. The molecule has 0 saturated heterocycles. The van der Waals surface area contributed by atoms with Crippen LogP contribution in [0.4, 0.5) is 0 Å². The minimum absolute atomic E-state index is 0.0431. The van der Waals surface area contributed by atoms with Gasteiger partial charge in [-0.1, -0.05) is 53.5 Å². The Kier molecular flexibility index (Phi) is 4.29. The highest BCUT2D eigenvalue weighted by Gasteiger charge is 2.35. The van der Waals surface area contributed by atoms with Crippen LogP contribution < -0.4 is 4.74 Å². The predicted molar refractivity (Wildman–Crippen MR) is 78.3 cm³/mol. The van der Waals surface area contributed by atoms with E-state index in [4.69, 9.17) is 44.3 Å². The van der Waals surface area contributed by atoms with E-state index in [0.29, 0.717) is 12.1 Å². The molecule has 19 heavy (non-hydrogen) atoms. The summed E-state index contributed by atoms with van der Waals surface area (Å²) in [5.74, 6) is 0.784. The molecule has 0 radical (unpaired) electrons. The molecule has 1 heterocycles. The zero-order valence-corrected chi connectivity index (χ0v) is 12.5. The van der Waals surface area contributed by atoms with Gasteiger partial charge in [0.05, 0.1) is 7.11 Å². The smallest absolute Gasteiger partial charge is 0.266 e. The number of hydrogen-bond acceptors (Lipinski definition) is 3. The molecule has 3 nitrogen and oxygen atoms in total. The molecule has 1 aliphatic rings. The molecule has 1 aromatic carbocycles. The van der Waals surface area contributed by atoms with E-state index in [9.17, 15) is 0 Å². The molecule has 1 aromatic rings. The maximum absolute atomic E-state index is 5.80. The number of rotatable bonds is 2. The van der Waals surface area contributed by atoms with Crippen molar-refractivity contribution in [2.75, 3.05) is 7.11 Å². The summed E-state index contributed by atoms with van der Waals surface area (Å²) < 4.78 is 9.13. The first-order valence-corrected chi connectivity index (χ1v) is 6.68. The van der Waals surface area contributed by atoms with E-state index in [0.717, 1.165) is 11.3 Å². The summed E-state index contributed by atoms with van der Waals surface area (Å²) in [6.45, 7) is 3.82. The molecular weight excluding hydrogens is 309 g/mol. The third-order valence-corrected chi connectivity index (χ3v) is 3.13. The number of benzene rings is 1. The molecule has 1 atom stereocenters. The van der Waals surface area contributed by atoms with Crippen molar-refractivity contribution in [1.82, 2.24) is 0 Å². The summed E-state index contributed by atoms with van der Waals surface area (Å²) in [7, 11) is 1.61. The van der Waals surface area contributed by atoms with Crippen molar-refractivity contribution in [1.29, 1.82) is 0 Å². The molecule has 1 unspecified atom stereocenters. The topological polar surface area (TPSA) is 30.8 Å². The van der Waals surface area contributed by atoms with Gasteiger partial charge in [0.2, 0.25) is 5.90 Å². The maximum Gasteiger partial charge on any atom is 0.266 e. The molecule has 0 aliphatic carbocycles. The number of nitrogens with zero attached hydrogens (tertiary/aromatic N) is 1. The van der Waals surface area contributed by atoms with Crippen LogP contribution in [0.25, 0.3) is 0 Å². The molecule has 2 rings (SSSR count). The van der Waals surface area contributed by atoms with E-state index in [-0.39, 0.29) is 12.0 Å². The highest BCUT2D eigenvalue weighted by Crippen LogP contribution is 2.38. The van der Waals surface area contributed by atoms with Gasteiger partial charge in [-0.15, -0.1) is 0 Å². The number of ether oxygens (including phenoxy) is 2. The monoisotopic (exact) mass is 319 g/mol. The molecule has 0 N–H and O–H groups in total. The maximum atomic E-state index is 5.80. The first-order valence-electron chi connectivity index (χ1n) is 5.54. The number of halogens is 3. The van der Waals surface area contributed by atoms with Crippen LogP contribution in [0.1, 0.15) is 18.1 Å². The predicted octanol–water partition coefficient (Wildman–Crippen LogP) is 4.44. The molecule has 6 heteroatoms. The molecule has 0 spiro atoms. The summed E-state index contributed by atoms with van der Waals surface area (Å²) in [5, 5.41) is 0. The molecule has 0 aromatic heterocycles. The Balaban J connectivity index is 2.27. The van der Waals surface area contributed by atoms with Crippen molar-refractivity contribution in [2.45, 2.75) is 16.3 Å². The van der Waals surface area contributed by atoms with Gasteiger partial charge in [0.1, 0.15) is 11.9 Å². The van der Waals surface area contributed by atoms with Gasteiger partial charge in [0.25, 0.3) is 3.79 Å². The summed E-state index contributed by atoms with van der Waals surface area (Å²) in [6, 6.07) is 7.52. The van der Waals surface area contributed by atoms with E-state index in [1.807, 2.05) is 24.3 Å². The quantitative estimate of drug-likeness (QED) is 0.754. The minimum Gasteiger partial charge on any atom is -0.497 e. The van der Waals surface area contributed by atoms with Crippen LogP contribution in [0.3, 0.4) is 0 Å². The van der Waals surface area contributed by atoms with Gasteiger partial charge in [-0.25, -0.2) is 4.99 Å². The SMILES string of the molecule is C=C1CC(c2cccc(OC)c2)OC(C(Cl)(Cl)Cl)=N1. The van der Waals surface area contributed by atoms with Gasteiger partial charge in [-0.05, 0) is 17.7 Å². The fourth-order valence-electron chi connectivity index (χ4n) is 1.76. The lowest BCUT2D eigenvalue weighted by Gasteiger charge is -2.28. The van der Waals surface area contributed by atoms with Crippen molar-refractivity contribution >= 4 is 40.7 Å². The molecule has 0 amide bonds. The van der Waals surface area contributed by atoms with Gasteiger partial charge in [0.15, 0.2) is 0 Å². The van der Waals surface area contributed by atoms with E-state index in [1.165, 1.54) is 0 Å². The van der Waals surface area contributed by atoms with E-state index < -0.39 is 3.79 Å². The first kappa shape index (κ1) is 14.5. The van der Waals surface area contributed by atoms with Gasteiger partial charge >= 0.3 is 0 Å². The fraction of sp³-hybridized carbons (Fsp3) is 0.308. The third-order valence-electron chi connectivity index (χ3n) is 2.64.